The van der Waals surface area contributed by atoms with E-state index in [1.165, 1.54) is 0 Å². The maximum Gasteiger partial charge on any atom is 0.166 e. The Balaban J connectivity index is 2.08. The van der Waals surface area contributed by atoms with E-state index in [1.807, 2.05) is 38.1 Å². The highest BCUT2D eigenvalue weighted by Crippen LogP contribution is 2.22. The van der Waals surface area contributed by atoms with Gasteiger partial charge in [-0.15, -0.1) is 0 Å². The lowest BCUT2D eigenvalue weighted by Crippen LogP contribution is -2.43. The third kappa shape index (κ3) is 2.84. The summed E-state index contributed by atoms with van der Waals surface area (Å²) in [6, 6.07) is 10.2. The topological polar surface area (TPSA) is 64.5 Å². The molecule has 0 aliphatic carbocycles. The summed E-state index contributed by atoms with van der Waals surface area (Å²) in [5.74, 6) is 0.664. The van der Waals surface area contributed by atoms with Crippen LogP contribution in [0.25, 0.3) is 11.0 Å². The van der Waals surface area contributed by atoms with Crippen LogP contribution in [0.1, 0.15) is 13.8 Å². The van der Waals surface area contributed by atoms with Crippen molar-refractivity contribution in [1.82, 2.24) is 15.3 Å². The van der Waals surface area contributed by atoms with Crippen LogP contribution in [0.2, 0.25) is 0 Å². The molecule has 18 heavy (non-hydrogen) atoms. The maximum absolute atomic E-state index is 9.18. The van der Waals surface area contributed by atoms with Crippen molar-refractivity contribution in [2.24, 2.45) is 0 Å². The molecule has 0 saturated carbocycles. The minimum atomic E-state index is -0.515. The van der Waals surface area contributed by atoms with Gasteiger partial charge in [-0.2, -0.15) is 5.26 Å². The molecule has 0 bridgehead atoms. The summed E-state index contributed by atoms with van der Waals surface area (Å²) >= 11 is 1.57. The number of hydrogen-bond donors (Lipinski definition) is 2. The van der Waals surface area contributed by atoms with E-state index < -0.39 is 5.54 Å². The molecule has 1 atom stereocenters. The van der Waals surface area contributed by atoms with Crippen LogP contribution in [0.15, 0.2) is 29.4 Å². The Bertz CT molecular complexity index is 539. The van der Waals surface area contributed by atoms with Crippen LogP contribution in [0.5, 0.6) is 0 Å². The van der Waals surface area contributed by atoms with Gasteiger partial charge >= 0.3 is 0 Å². The average molecular weight is 260 g/mol. The molecule has 2 N–H and O–H groups in total. The number of nitrogens with one attached hydrogen (secondary N) is 2. The van der Waals surface area contributed by atoms with Crippen LogP contribution in [0, 0.1) is 11.3 Å². The largest absolute Gasteiger partial charge is 0.333 e. The van der Waals surface area contributed by atoms with Crippen LogP contribution in [0.4, 0.5) is 0 Å². The first-order valence-corrected chi connectivity index (χ1v) is 6.89. The van der Waals surface area contributed by atoms with E-state index >= 15 is 0 Å². The molecule has 2 aromatic rings. The molecular formula is C13H16N4S. The van der Waals surface area contributed by atoms with E-state index in [0.29, 0.717) is 5.75 Å². The van der Waals surface area contributed by atoms with Gasteiger partial charge in [0.15, 0.2) is 5.16 Å². The average Bonchev–Trinajstić information content (AvgIpc) is 2.79. The molecule has 0 amide bonds. The second-order valence-electron chi connectivity index (χ2n) is 4.32. The SMILES string of the molecule is CCNC(C)(C#N)CSc1nc2ccccc2[nH]1. The third-order valence-electron chi connectivity index (χ3n) is 2.68. The van der Waals surface area contributed by atoms with Crippen LogP contribution in [-0.2, 0) is 0 Å². The summed E-state index contributed by atoms with van der Waals surface area (Å²) in [6.45, 7) is 4.69. The summed E-state index contributed by atoms with van der Waals surface area (Å²) in [5, 5.41) is 13.2. The second kappa shape index (κ2) is 5.42. The number of nitriles is 1. The predicted octanol–water partition coefficient (Wildman–Crippen LogP) is 2.55. The quantitative estimate of drug-likeness (QED) is 0.811. The van der Waals surface area contributed by atoms with Crippen molar-refractivity contribution >= 4 is 22.8 Å². The van der Waals surface area contributed by atoms with Crippen LogP contribution < -0.4 is 5.32 Å². The number of thioether (sulfide) groups is 1. The molecule has 94 valence electrons. The van der Waals surface area contributed by atoms with Crippen molar-refractivity contribution in [1.29, 1.82) is 5.26 Å². The van der Waals surface area contributed by atoms with E-state index in [1.54, 1.807) is 11.8 Å². The Labute approximate surface area is 111 Å². The molecule has 1 aromatic carbocycles. The number of nitrogens with zero attached hydrogens (tertiary/aromatic N) is 2. The zero-order valence-electron chi connectivity index (χ0n) is 10.5. The molecule has 4 nitrogen and oxygen atoms in total. The van der Waals surface area contributed by atoms with Crippen molar-refractivity contribution in [2.45, 2.75) is 24.5 Å². The number of imidazole rings is 1. The Morgan fingerprint density at radius 2 is 2.28 bits per heavy atom. The zero-order chi connectivity index (χ0) is 13.0. The molecule has 1 heterocycles. The maximum atomic E-state index is 9.18. The van der Waals surface area contributed by atoms with E-state index in [4.69, 9.17) is 0 Å². The first kappa shape index (κ1) is 12.9. The molecular weight excluding hydrogens is 244 g/mol. The fourth-order valence-corrected chi connectivity index (χ4v) is 2.66. The van der Waals surface area contributed by atoms with Crippen LogP contribution in [0.3, 0.4) is 0 Å². The van der Waals surface area contributed by atoms with E-state index in [2.05, 4.69) is 21.4 Å². The Hall–Kier alpha value is -1.51. The van der Waals surface area contributed by atoms with Gasteiger partial charge in [0.1, 0.15) is 5.54 Å². The Morgan fingerprint density at radius 3 is 2.94 bits per heavy atom. The van der Waals surface area contributed by atoms with Crippen molar-refractivity contribution in [3.63, 3.8) is 0 Å². The highest BCUT2D eigenvalue weighted by Gasteiger charge is 2.23. The van der Waals surface area contributed by atoms with Crippen molar-refractivity contribution in [3.05, 3.63) is 24.3 Å². The molecule has 2 rings (SSSR count). The normalized spacial score (nSPS) is 14.3. The number of fused-ring (bicyclic) bond motifs is 1. The predicted molar refractivity (Wildman–Crippen MR) is 74.5 cm³/mol. The van der Waals surface area contributed by atoms with E-state index in [-0.39, 0.29) is 0 Å². The molecule has 0 saturated heterocycles. The van der Waals surface area contributed by atoms with Gasteiger partial charge in [0.2, 0.25) is 0 Å². The second-order valence-corrected chi connectivity index (χ2v) is 5.29. The highest BCUT2D eigenvalue weighted by molar-refractivity contribution is 7.99. The molecule has 0 radical (unpaired) electrons. The van der Waals surface area contributed by atoms with Gasteiger partial charge in [0.25, 0.3) is 0 Å². The molecule has 1 unspecified atom stereocenters. The van der Waals surface area contributed by atoms with Gasteiger partial charge in [-0.3, -0.25) is 5.32 Å². The van der Waals surface area contributed by atoms with E-state index in [0.717, 1.165) is 22.7 Å². The molecule has 0 aliphatic rings. The number of hydrogen-bond acceptors (Lipinski definition) is 4. The third-order valence-corrected chi connectivity index (χ3v) is 3.87. The molecule has 1 aromatic heterocycles. The number of rotatable bonds is 5. The molecule has 5 heteroatoms. The Morgan fingerprint density at radius 1 is 1.50 bits per heavy atom. The number of aromatic nitrogens is 2. The Kier molecular flexibility index (Phi) is 3.90. The first-order chi connectivity index (χ1) is 8.67. The molecule has 0 spiro atoms. The lowest BCUT2D eigenvalue weighted by atomic mass is 10.1. The van der Waals surface area contributed by atoms with Gasteiger partial charge in [-0.1, -0.05) is 30.8 Å². The fraction of sp³-hybridized carbons (Fsp3) is 0.385. The summed E-state index contributed by atoms with van der Waals surface area (Å²) in [5.41, 5.74) is 1.47. The fourth-order valence-electron chi connectivity index (χ4n) is 1.72. The number of H-pyrrole nitrogens is 1. The number of para-hydroxylation sites is 2. The zero-order valence-corrected chi connectivity index (χ0v) is 11.3. The minimum Gasteiger partial charge on any atom is -0.333 e. The molecule has 0 aliphatic heterocycles. The summed E-state index contributed by atoms with van der Waals surface area (Å²) < 4.78 is 0. The number of aromatic amines is 1. The smallest absolute Gasteiger partial charge is 0.166 e. The van der Waals surface area contributed by atoms with Gasteiger partial charge in [0.05, 0.1) is 17.1 Å². The number of benzene rings is 1. The first-order valence-electron chi connectivity index (χ1n) is 5.91. The van der Waals surface area contributed by atoms with Crippen molar-refractivity contribution in [3.8, 4) is 6.07 Å². The van der Waals surface area contributed by atoms with Crippen molar-refractivity contribution in [2.75, 3.05) is 12.3 Å². The van der Waals surface area contributed by atoms with Gasteiger partial charge in [-0.25, -0.2) is 4.98 Å². The van der Waals surface area contributed by atoms with Gasteiger partial charge < -0.3 is 4.98 Å². The standard InChI is InChI=1S/C13H16N4S/c1-3-15-13(2,8-14)9-18-12-16-10-6-4-5-7-11(10)17-12/h4-7,15H,3,9H2,1-2H3,(H,16,17). The molecule has 0 fully saturated rings. The van der Waals surface area contributed by atoms with Gasteiger partial charge in [-0.05, 0) is 25.6 Å². The van der Waals surface area contributed by atoms with Gasteiger partial charge in [0, 0.05) is 5.75 Å². The monoisotopic (exact) mass is 260 g/mol. The summed E-state index contributed by atoms with van der Waals surface area (Å²) in [4.78, 5) is 7.73. The minimum absolute atomic E-state index is 0.515. The highest BCUT2D eigenvalue weighted by atomic mass is 32.2. The lowest BCUT2D eigenvalue weighted by Gasteiger charge is -2.21. The summed E-state index contributed by atoms with van der Waals surface area (Å²) in [6.07, 6.45) is 0. The van der Waals surface area contributed by atoms with E-state index in [9.17, 15) is 5.26 Å². The lowest BCUT2D eigenvalue weighted by molar-refractivity contribution is 0.511. The van der Waals surface area contributed by atoms with Crippen molar-refractivity contribution < 1.29 is 0 Å². The van der Waals surface area contributed by atoms with Crippen LogP contribution in [-0.4, -0.2) is 27.8 Å². The van der Waals surface area contributed by atoms with Crippen LogP contribution >= 0.6 is 11.8 Å². The summed E-state index contributed by atoms with van der Waals surface area (Å²) in [7, 11) is 0.